The smallest absolute Gasteiger partial charge is 0.0801 e. The van der Waals surface area contributed by atoms with Crippen molar-refractivity contribution in [1.29, 1.82) is 0 Å². The van der Waals surface area contributed by atoms with Crippen LogP contribution in [0.5, 0.6) is 0 Å². The molecular formula is C26H32N2. The summed E-state index contributed by atoms with van der Waals surface area (Å²) in [6.07, 6.45) is 4.86. The number of benzene rings is 1. The van der Waals surface area contributed by atoms with E-state index in [1.54, 1.807) is 0 Å². The van der Waals surface area contributed by atoms with Gasteiger partial charge in [0.25, 0.3) is 0 Å². The summed E-state index contributed by atoms with van der Waals surface area (Å²) in [4.78, 5) is 9.47. The monoisotopic (exact) mass is 372 g/mol. The Morgan fingerprint density at radius 2 is 1.57 bits per heavy atom. The van der Waals surface area contributed by atoms with Gasteiger partial charge in [0.2, 0.25) is 0 Å². The van der Waals surface area contributed by atoms with Gasteiger partial charge in [0.15, 0.2) is 0 Å². The zero-order chi connectivity index (χ0) is 20.5. The first-order valence-electron chi connectivity index (χ1n) is 10.2. The van der Waals surface area contributed by atoms with Crippen LogP contribution in [-0.2, 0) is 11.8 Å². The summed E-state index contributed by atoms with van der Waals surface area (Å²) >= 11 is 0. The molecule has 0 aliphatic heterocycles. The first-order valence-corrected chi connectivity index (χ1v) is 10.2. The molecule has 0 unspecified atom stereocenters. The largest absolute Gasteiger partial charge is 0.256 e. The van der Waals surface area contributed by atoms with E-state index in [1.807, 2.05) is 18.5 Å². The normalized spacial score (nSPS) is 11.9. The van der Waals surface area contributed by atoms with Crippen LogP contribution in [-0.4, -0.2) is 9.97 Å². The SMILES string of the molecule is Cc1cc(C(C)(C)C)cc(C)c1-c1ncccc1-c1cc(CC(C)C)ccn1. The fourth-order valence-electron chi connectivity index (χ4n) is 3.80. The van der Waals surface area contributed by atoms with Crippen molar-refractivity contribution < 1.29 is 0 Å². The summed E-state index contributed by atoms with van der Waals surface area (Å²) in [5.74, 6) is 0.623. The lowest BCUT2D eigenvalue weighted by molar-refractivity contribution is 0.589. The maximum absolute atomic E-state index is 4.79. The van der Waals surface area contributed by atoms with Gasteiger partial charge < -0.3 is 0 Å². The van der Waals surface area contributed by atoms with E-state index in [1.165, 1.54) is 27.8 Å². The summed E-state index contributed by atoms with van der Waals surface area (Å²) in [7, 11) is 0. The van der Waals surface area contributed by atoms with Crippen molar-refractivity contribution in [3.05, 3.63) is 71.0 Å². The third-order valence-corrected chi connectivity index (χ3v) is 5.19. The van der Waals surface area contributed by atoms with Crippen molar-refractivity contribution in [2.24, 2.45) is 5.92 Å². The number of rotatable bonds is 4. The third-order valence-electron chi connectivity index (χ3n) is 5.19. The summed E-state index contributed by atoms with van der Waals surface area (Å²) in [6.45, 7) is 15.7. The minimum atomic E-state index is 0.133. The molecule has 2 heterocycles. The molecule has 0 saturated carbocycles. The highest BCUT2D eigenvalue weighted by molar-refractivity contribution is 5.82. The van der Waals surface area contributed by atoms with E-state index in [4.69, 9.17) is 4.98 Å². The average molecular weight is 373 g/mol. The second-order valence-electron chi connectivity index (χ2n) is 9.28. The van der Waals surface area contributed by atoms with Crippen LogP contribution >= 0.6 is 0 Å². The van der Waals surface area contributed by atoms with Crippen LogP contribution in [0, 0.1) is 19.8 Å². The molecular weight excluding hydrogens is 340 g/mol. The molecule has 0 saturated heterocycles. The van der Waals surface area contributed by atoms with Crippen molar-refractivity contribution in [3.8, 4) is 22.5 Å². The number of aryl methyl sites for hydroxylation is 2. The minimum Gasteiger partial charge on any atom is -0.256 e. The predicted molar refractivity (Wildman–Crippen MR) is 120 cm³/mol. The highest BCUT2D eigenvalue weighted by Crippen LogP contribution is 2.36. The quantitative estimate of drug-likeness (QED) is 0.496. The first-order chi connectivity index (χ1) is 13.2. The van der Waals surface area contributed by atoms with Gasteiger partial charge in [-0.25, -0.2) is 0 Å². The maximum atomic E-state index is 4.79. The molecule has 0 bridgehead atoms. The van der Waals surface area contributed by atoms with Crippen LogP contribution in [0.1, 0.15) is 56.9 Å². The van der Waals surface area contributed by atoms with Gasteiger partial charge in [-0.1, -0.05) is 46.8 Å². The second kappa shape index (κ2) is 7.87. The van der Waals surface area contributed by atoms with Gasteiger partial charge in [0.1, 0.15) is 0 Å². The second-order valence-corrected chi connectivity index (χ2v) is 9.28. The molecule has 146 valence electrons. The molecule has 0 radical (unpaired) electrons. The fourth-order valence-corrected chi connectivity index (χ4v) is 3.80. The molecule has 0 N–H and O–H groups in total. The van der Waals surface area contributed by atoms with Crippen molar-refractivity contribution in [1.82, 2.24) is 9.97 Å². The van der Waals surface area contributed by atoms with Gasteiger partial charge in [0, 0.05) is 23.5 Å². The highest BCUT2D eigenvalue weighted by Gasteiger charge is 2.19. The molecule has 28 heavy (non-hydrogen) atoms. The molecule has 2 nitrogen and oxygen atoms in total. The van der Waals surface area contributed by atoms with E-state index in [2.05, 4.69) is 83.8 Å². The summed E-state index contributed by atoms with van der Waals surface area (Å²) in [5, 5.41) is 0. The Labute approximate surface area is 170 Å². The van der Waals surface area contributed by atoms with Crippen LogP contribution in [0.3, 0.4) is 0 Å². The van der Waals surface area contributed by atoms with Crippen molar-refractivity contribution >= 4 is 0 Å². The molecule has 3 rings (SSSR count). The molecule has 0 aliphatic rings. The number of nitrogens with zero attached hydrogens (tertiary/aromatic N) is 2. The van der Waals surface area contributed by atoms with Crippen molar-refractivity contribution in [2.75, 3.05) is 0 Å². The Morgan fingerprint density at radius 1 is 0.893 bits per heavy atom. The number of hydrogen-bond donors (Lipinski definition) is 0. The Hall–Kier alpha value is -2.48. The van der Waals surface area contributed by atoms with Crippen LogP contribution in [0.4, 0.5) is 0 Å². The average Bonchev–Trinajstić information content (AvgIpc) is 2.60. The Kier molecular flexibility index (Phi) is 5.69. The maximum Gasteiger partial charge on any atom is 0.0801 e. The molecule has 3 aromatic rings. The number of pyridine rings is 2. The molecule has 2 aromatic heterocycles. The Morgan fingerprint density at radius 3 is 2.18 bits per heavy atom. The molecule has 1 aromatic carbocycles. The summed E-state index contributed by atoms with van der Waals surface area (Å²) in [5.41, 5.74) is 9.70. The third kappa shape index (κ3) is 4.32. The molecule has 0 spiro atoms. The molecule has 0 fully saturated rings. The first kappa shape index (κ1) is 20.3. The molecule has 0 aliphatic carbocycles. The topological polar surface area (TPSA) is 25.8 Å². The Balaban J connectivity index is 2.14. The highest BCUT2D eigenvalue weighted by atomic mass is 14.7. The van der Waals surface area contributed by atoms with Crippen molar-refractivity contribution in [2.45, 2.75) is 60.3 Å². The lowest BCUT2D eigenvalue weighted by Gasteiger charge is -2.23. The van der Waals surface area contributed by atoms with E-state index in [0.29, 0.717) is 5.92 Å². The summed E-state index contributed by atoms with van der Waals surface area (Å²) in [6, 6.07) is 13.1. The van der Waals surface area contributed by atoms with Gasteiger partial charge in [-0.05, 0) is 78.1 Å². The van der Waals surface area contributed by atoms with Crippen LogP contribution in [0.2, 0.25) is 0 Å². The van der Waals surface area contributed by atoms with Gasteiger partial charge >= 0.3 is 0 Å². The van der Waals surface area contributed by atoms with Gasteiger partial charge in [-0.15, -0.1) is 0 Å². The molecule has 0 atom stereocenters. The van der Waals surface area contributed by atoms with Crippen molar-refractivity contribution in [3.63, 3.8) is 0 Å². The summed E-state index contributed by atoms with van der Waals surface area (Å²) < 4.78 is 0. The standard InChI is InChI=1S/C26H32N2/c1-17(2)13-20-10-12-27-23(16-20)22-9-8-11-28-25(22)24-18(3)14-21(15-19(24)4)26(5,6)7/h8-12,14-17H,13H2,1-7H3. The van der Waals surface area contributed by atoms with E-state index >= 15 is 0 Å². The van der Waals surface area contributed by atoms with Gasteiger partial charge in [-0.3, -0.25) is 9.97 Å². The van der Waals surface area contributed by atoms with E-state index in [-0.39, 0.29) is 5.41 Å². The lowest BCUT2D eigenvalue weighted by Crippen LogP contribution is -2.12. The lowest BCUT2D eigenvalue weighted by atomic mass is 9.83. The van der Waals surface area contributed by atoms with Gasteiger partial charge in [0.05, 0.1) is 11.4 Å². The predicted octanol–water partition coefficient (Wildman–Crippen LogP) is 6.92. The number of hydrogen-bond acceptors (Lipinski definition) is 2. The minimum absolute atomic E-state index is 0.133. The van der Waals surface area contributed by atoms with E-state index < -0.39 is 0 Å². The van der Waals surface area contributed by atoms with E-state index in [9.17, 15) is 0 Å². The Bertz CT molecular complexity index is 955. The zero-order valence-electron chi connectivity index (χ0n) is 18.3. The van der Waals surface area contributed by atoms with Gasteiger partial charge in [-0.2, -0.15) is 0 Å². The molecule has 2 heteroatoms. The zero-order valence-corrected chi connectivity index (χ0v) is 18.3. The van der Waals surface area contributed by atoms with Crippen LogP contribution in [0.25, 0.3) is 22.5 Å². The van der Waals surface area contributed by atoms with E-state index in [0.717, 1.165) is 23.4 Å². The fraction of sp³-hybridized carbons (Fsp3) is 0.385. The van der Waals surface area contributed by atoms with Crippen LogP contribution in [0.15, 0.2) is 48.8 Å². The van der Waals surface area contributed by atoms with Crippen LogP contribution < -0.4 is 0 Å². The molecule has 0 amide bonds. The number of aromatic nitrogens is 2.